The van der Waals surface area contributed by atoms with Gasteiger partial charge >= 0.3 is 0 Å². The second-order valence-electron chi connectivity index (χ2n) is 5.91. The number of unbranched alkanes of at least 4 members (excludes halogenated alkanes) is 4. The van der Waals surface area contributed by atoms with Crippen molar-refractivity contribution in [3.63, 3.8) is 0 Å². The second-order valence-corrected chi connectivity index (χ2v) is 6.70. The molecule has 0 aliphatic rings. The van der Waals surface area contributed by atoms with Crippen LogP contribution in [0.3, 0.4) is 0 Å². The van der Waals surface area contributed by atoms with Crippen LogP contribution in [0.5, 0.6) is 11.5 Å². The summed E-state index contributed by atoms with van der Waals surface area (Å²) in [6.45, 7) is 5.80. The molecule has 0 aliphatic carbocycles. The van der Waals surface area contributed by atoms with Crippen molar-refractivity contribution in [3.8, 4) is 11.5 Å². The Kier molecular flexibility index (Phi) is 7.73. The van der Waals surface area contributed by atoms with E-state index in [0.717, 1.165) is 40.6 Å². The number of aryl methyl sites for hydroxylation is 1. The fourth-order valence-corrected chi connectivity index (χ4v) is 2.86. The minimum atomic E-state index is 0.667. The summed E-state index contributed by atoms with van der Waals surface area (Å²) < 4.78 is 11.9. The molecule has 3 heteroatoms. The highest BCUT2D eigenvalue weighted by Gasteiger charge is 2.08. The van der Waals surface area contributed by atoms with Gasteiger partial charge in [0.2, 0.25) is 0 Å². The summed E-state index contributed by atoms with van der Waals surface area (Å²) in [6, 6.07) is 10.5. The van der Waals surface area contributed by atoms with E-state index in [2.05, 4.69) is 48.0 Å². The van der Waals surface area contributed by atoms with Crippen LogP contribution in [0.4, 0.5) is 0 Å². The van der Waals surface area contributed by atoms with E-state index in [0.29, 0.717) is 6.61 Å². The monoisotopic (exact) mass is 378 g/mol. The Balaban J connectivity index is 2.08. The van der Waals surface area contributed by atoms with Crippen molar-refractivity contribution in [2.24, 2.45) is 0 Å². The van der Waals surface area contributed by atoms with Gasteiger partial charge in [-0.25, -0.2) is 0 Å². The third-order valence-electron chi connectivity index (χ3n) is 3.93. The number of halogens is 1. The zero-order valence-corrected chi connectivity index (χ0v) is 15.8. The predicted octanol–water partition coefficient (Wildman–Crippen LogP) is 6.27. The zero-order chi connectivity index (χ0) is 16.5. The molecule has 2 rings (SSSR count). The van der Waals surface area contributed by atoms with E-state index < -0.39 is 0 Å². The minimum Gasteiger partial charge on any atom is -0.493 e. The number of benzene rings is 2. The van der Waals surface area contributed by atoms with Gasteiger partial charge in [-0.2, -0.15) is 0 Å². The maximum atomic E-state index is 6.03. The largest absolute Gasteiger partial charge is 0.493 e. The molecule has 2 aromatic carbocycles. The van der Waals surface area contributed by atoms with Crippen molar-refractivity contribution in [3.05, 3.63) is 35.9 Å². The van der Waals surface area contributed by atoms with Crippen molar-refractivity contribution in [2.45, 2.75) is 46.0 Å². The van der Waals surface area contributed by atoms with Gasteiger partial charge in [-0.05, 0) is 31.5 Å². The summed E-state index contributed by atoms with van der Waals surface area (Å²) in [5.41, 5.74) is 1.23. The Morgan fingerprint density at radius 2 is 1.52 bits per heavy atom. The number of hydrogen-bond donors (Lipinski definition) is 0. The normalized spacial score (nSPS) is 10.9. The summed E-state index contributed by atoms with van der Waals surface area (Å²) >= 11 is 3.41. The van der Waals surface area contributed by atoms with E-state index in [-0.39, 0.29) is 0 Å². The molecule has 0 radical (unpaired) electrons. The number of rotatable bonds is 10. The van der Waals surface area contributed by atoms with Gasteiger partial charge in [0, 0.05) is 16.1 Å². The number of hydrogen-bond acceptors (Lipinski definition) is 2. The lowest BCUT2D eigenvalue weighted by molar-refractivity contribution is 0.307. The van der Waals surface area contributed by atoms with E-state index in [4.69, 9.17) is 9.47 Å². The first kappa shape index (κ1) is 18.1. The molecule has 23 heavy (non-hydrogen) atoms. The molecule has 0 atom stereocenters. The fourth-order valence-electron chi connectivity index (χ4n) is 2.70. The van der Waals surface area contributed by atoms with Crippen LogP contribution in [0.15, 0.2) is 30.3 Å². The summed E-state index contributed by atoms with van der Waals surface area (Å²) in [7, 11) is 0. The average molecular weight is 379 g/mol. The van der Waals surface area contributed by atoms with Crippen LogP contribution in [0.2, 0.25) is 0 Å². The molecular weight excluding hydrogens is 352 g/mol. The van der Waals surface area contributed by atoms with E-state index in [1.54, 1.807) is 0 Å². The summed E-state index contributed by atoms with van der Waals surface area (Å²) in [6.07, 6.45) is 6.27. The Morgan fingerprint density at radius 3 is 2.26 bits per heavy atom. The topological polar surface area (TPSA) is 18.5 Å². The maximum Gasteiger partial charge on any atom is 0.127 e. The van der Waals surface area contributed by atoms with Crippen molar-refractivity contribution in [1.82, 2.24) is 0 Å². The van der Waals surface area contributed by atoms with Crippen molar-refractivity contribution in [1.29, 1.82) is 0 Å². The van der Waals surface area contributed by atoms with Crippen LogP contribution in [-0.4, -0.2) is 18.5 Å². The number of fused-ring (bicyclic) bond motifs is 1. The highest BCUT2D eigenvalue weighted by Crippen LogP contribution is 2.34. The molecule has 0 saturated carbocycles. The fraction of sp³-hybridized carbons (Fsp3) is 0.500. The summed E-state index contributed by atoms with van der Waals surface area (Å²) in [5, 5.41) is 3.10. The molecule has 0 unspecified atom stereocenters. The van der Waals surface area contributed by atoms with Crippen LogP contribution < -0.4 is 9.47 Å². The standard InChI is InChI=1S/C20H27BrO2/c1-3-4-5-6-7-13-22-19-10-11-20(23-14-12-21)18-15-16(2)8-9-17(18)19/h8-11,15H,3-7,12-14H2,1-2H3. The lowest BCUT2D eigenvalue weighted by Crippen LogP contribution is -2.01. The van der Waals surface area contributed by atoms with Crippen molar-refractivity contribution in [2.75, 3.05) is 18.5 Å². The highest BCUT2D eigenvalue weighted by molar-refractivity contribution is 9.09. The first-order valence-electron chi connectivity index (χ1n) is 8.61. The Bertz CT molecular complexity index is 610. The SMILES string of the molecule is CCCCCCCOc1ccc(OCCBr)c2cc(C)ccc12. The van der Waals surface area contributed by atoms with E-state index in [1.165, 1.54) is 31.2 Å². The van der Waals surface area contributed by atoms with E-state index >= 15 is 0 Å². The van der Waals surface area contributed by atoms with Crippen molar-refractivity contribution < 1.29 is 9.47 Å². The quantitative estimate of drug-likeness (QED) is 0.358. The Morgan fingerprint density at radius 1 is 0.826 bits per heavy atom. The highest BCUT2D eigenvalue weighted by atomic mass is 79.9. The average Bonchev–Trinajstić information content (AvgIpc) is 2.56. The van der Waals surface area contributed by atoms with Crippen LogP contribution in [0.1, 0.15) is 44.6 Å². The number of ether oxygens (including phenoxy) is 2. The van der Waals surface area contributed by atoms with Gasteiger partial charge in [0.05, 0.1) is 13.2 Å². The first-order valence-corrected chi connectivity index (χ1v) is 9.73. The molecule has 2 nitrogen and oxygen atoms in total. The molecule has 0 fully saturated rings. The van der Waals surface area contributed by atoms with Crippen LogP contribution in [0, 0.1) is 6.92 Å². The van der Waals surface area contributed by atoms with Gasteiger partial charge < -0.3 is 9.47 Å². The molecule has 0 spiro atoms. The Labute approximate surface area is 148 Å². The molecule has 126 valence electrons. The molecule has 0 saturated heterocycles. The maximum absolute atomic E-state index is 6.03. The van der Waals surface area contributed by atoms with Gasteiger partial charge in [-0.15, -0.1) is 0 Å². The van der Waals surface area contributed by atoms with Gasteiger partial charge in [0.15, 0.2) is 0 Å². The lowest BCUT2D eigenvalue weighted by Gasteiger charge is -2.14. The molecule has 0 bridgehead atoms. The Hall–Kier alpha value is -1.22. The molecule has 0 amide bonds. The van der Waals surface area contributed by atoms with Crippen molar-refractivity contribution >= 4 is 26.7 Å². The van der Waals surface area contributed by atoms with E-state index in [1.807, 2.05) is 12.1 Å². The van der Waals surface area contributed by atoms with Crippen LogP contribution >= 0.6 is 15.9 Å². The predicted molar refractivity (Wildman–Crippen MR) is 102 cm³/mol. The second kappa shape index (κ2) is 9.82. The first-order chi connectivity index (χ1) is 11.3. The van der Waals surface area contributed by atoms with Gasteiger partial charge in [-0.1, -0.05) is 66.2 Å². The van der Waals surface area contributed by atoms with Crippen LogP contribution in [0.25, 0.3) is 10.8 Å². The van der Waals surface area contributed by atoms with E-state index in [9.17, 15) is 0 Å². The summed E-state index contributed by atoms with van der Waals surface area (Å²) in [5.74, 6) is 1.89. The molecule has 0 aliphatic heterocycles. The minimum absolute atomic E-state index is 0.667. The number of alkyl halides is 1. The molecule has 0 N–H and O–H groups in total. The van der Waals surface area contributed by atoms with Crippen LogP contribution in [-0.2, 0) is 0 Å². The molecule has 2 aromatic rings. The van der Waals surface area contributed by atoms with Gasteiger partial charge in [0.1, 0.15) is 11.5 Å². The third-order valence-corrected chi connectivity index (χ3v) is 4.26. The molecule has 0 heterocycles. The third kappa shape index (κ3) is 5.42. The van der Waals surface area contributed by atoms with Gasteiger partial charge in [-0.3, -0.25) is 0 Å². The van der Waals surface area contributed by atoms with Gasteiger partial charge in [0.25, 0.3) is 0 Å². The zero-order valence-electron chi connectivity index (χ0n) is 14.2. The molecular formula is C20H27BrO2. The lowest BCUT2D eigenvalue weighted by atomic mass is 10.1. The molecule has 0 aromatic heterocycles. The smallest absolute Gasteiger partial charge is 0.127 e. The summed E-state index contributed by atoms with van der Waals surface area (Å²) in [4.78, 5) is 0.